The first-order valence-corrected chi connectivity index (χ1v) is 7.82. The summed E-state index contributed by atoms with van der Waals surface area (Å²) in [6.07, 6.45) is 1.85. The zero-order valence-electron chi connectivity index (χ0n) is 13.0. The van der Waals surface area contributed by atoms with Crippen molar-refractivity contribution in [3.63, 3.8) is 0 Å². The van der Waals surface area contributed by atoms with Crippen LogP contribution in [0, 0.1) is 11.8 Å². The number of benzene rings is 2. The molecule has 0 amide bonds. The van der Waals surface area contributed by atoms with Gasteiger partial charge in [0.15, 0.2) is 11.6 Å². The van der Waals surface area contributed by atoms with E-state index in [1.54, 1.807) is 0 Å². The molecule has 4 rings (SSSR count). The summed E-state index contributed by atoms with van der Waals surface area (Å²) in [5.74, 6) is 1.01. The van der Waals surface area contributed by atoms with E-state index in [1.165, 1.54) is 11.1 Å². The predicted octanol–water partition coefficient (Wildman–Crippen LogP) is 4.12. The Bertz CT molecular complexity index is 666. The molecule has 2 aliphatic carbocycles. The fraction of sp³-hybridized carbons (Fsp3) is 0.300. The highest BCUT2D eigenvalue weighted by Crippen LogP contribution is 2.26. The van der Waals surface area contributed by atoms with Crippen molar-refractivity contribution in [2.75, 3.05) is 0 Å². The number of carbonyl (C=O) groups is 2. The Balaban J connectivity index is 0.000000131. The predicted molar refractivity (Wildman–Crippen MR) is 87.3 cm³/mol. The molecule has 2 nitrogen and oxygen atoms in total. The van der Waals surface area contributed by atoms with Crippen LogP contribution in [0.3, 0.4) is 0 Å². The molecule has 22 heavy (non-hydrogen) atoms. The average molecular weight is 292 g/mol. The number of carbonyl (C=O) groups excluding carboxylic acids is 2. The summed E-state index contributed by atoms with van der Waals surface area (Å²) in [7, 11) is 0. The molecule has 0 aliphatic heterocycles. The number of hydrogen-bond donors (Lipinski definition) is 0. The summed E-state index contributed by atoms with van der Waals surface area (Å²) in [4.78, 5) is 22.8. The van der Waals surface area contributed by atoms with Crippen LogP contribution in [0.25, 0.3) is 0 Å². The third kappa shape index (κ3) is 2.61. The molecule has 2 aliphatic rings. The molecule has 0 radical (unpaired) electrons. The normalized spacial score (nSPS) is 21.9. The first-order chi connectivity index (χ1) is 10.6. The Morgan fingerprint density at radius 2 is 1.05 bits per heavy atom. The van der Waals surface area contributed by atoms with Gasteiger partial charge in [0.25, 0.3) is 0 Å². The molecule has 0 saturated carbocycles. The fourth-order valence-electron chi connectivity index (χ4n) is 3.25. The molecule has 0 spiro atoms. The number of hydrogen-bond acceptors (Lipinski definition) is 2. The van der Waals surface area contributed by atoms with Gasteiger partial charge < -0.3 is 0 Å². The van der Waals surface area contributed by atoms with Gasteiger partial charge in [0.2, 0.25) is 0 Å². The summed E-state index contributed by atoms with van der Waals surface area (Å²) in [6.45, 7) is 3.98. The molecule has 0 heterocycles. The van der Waals surface area contributed by atoms with Crippen molar-refractivity contribution in [3.8, 4) is 0 Å². The summed E-state index contributed by atoms with van der Waals surface area (Å²) in [5, 5.41) is 0. The van der Waals surface area contributed by atoms with Crippen LogP contribution in [0.1, 0.15) is 45.7 Å². The first kappa shape index (κ1) is 14.7. The molecule has 0 saturated heterocycles. The average Bonchev–Trinajstić information content (AvgIpc) is 2.98. The van der Waals surface area contributed by atoms with E-state index in [0.717, 1.165) is 24.0 Å². The highest BCUT2D eigenvalue weighted by atomic mass is 16.1. The van der Waals surface area contributed by atoms with Gasteiger partial charge in [-0.3, -0.25) is 9.59 Å². The third-order valence-corrected chi connectivity index (χ3v) is 4.51. The molecule has 2 aromatic carbocycles. The monoisotopic (exact) mass is 292 g/mol. The number of fused-ring (bicyclic) bond motifs is 2. The topological polar surface area (TPSA) is 34.1 Å². The second-order valence-corrected chi connectivity index (χ2v) is 6.25. The van der Waals surface area contributed by atoms with Gasteiger partial charge in [-0.25, -0.2) is 0 Å². The Hall–Kier alpha value is -2.22. The van der Waals surface area contributed by atoms with E-state index in [2.05, 4.69) is 0 Å². The zero-order chi connectivity index (χ0) is 15.7. The van der Waals surface area contributed by atoms with Gasteiger partial charge in [0, 0.05) is 23.0 Å². The van der Waals surface area contributed by atoms with Crippen LogP contribution in [0.2, 0.25) is 0 Å². The SMILES string of the molecule is CC1Cc2ccccc2C1=O.CC1Cc2ccccc2C1=O. The molecule has 0 N–H and O–H groups in total. The van der Waals surface area contributed by atoms with Crippen LogP contribution in [-0.4, -0.2) is 11.6 Å². The summed E-state index contributed by atoms with van der Waals surface area (Å²) in [5.41, 5.74) is 4.29. The van der Waals surface area contributed by atoms with Crippen molar-refractivity contribution in [2.24, 2.45) is 11.8 Å². The molecule has 0 bridgehead atoms. The van der Waals surface area contributed by atoms with Gasteiger partial charge in [-0.05, 0) is 24.0 Å². The second-order valence-electron chi connectivity index (χ2n) is 6.25. The number of ketones is 2. The largest absolute Gasteiger partial charge is 0.294 e. The van der Waals surface area contributed by atoms with Crippen LogP contribution >= 0.6 is 0 Å². The minimum absolute atomic E-state index is 0.201. The van der Waals surface area contributed by atoms with E-state index >= 15 is 0 Å². The summed E-state index contributed by atoms with van der Waals surface area (Å²) in [6, 6.07) is 15.7. The molecule has 0 fully saturated rings. The van der Waals surface area contributed by atoms with Gasteiger partial charge in [0.05, 0.1) is 0 Å². The van der Waals surface area contributed by atoms with E-state index in [0.29, 0.717) is 11.6 Å². The van der Waals surface area contributed by atoms with Crippen LogP contribution in [0.5, 0.6) is 0 Å². The molecule has 2 atom stereocenters. The maximum atomic E-state index is 11.4. The van der Waals surface area contributed by atoms with Crippen molar-refractivity contribution in [2.45, 2.75) is 26.7 Å². The second kappa shape index (κ2) is 5.88. The van der Waals surface area contributed by atoms with Crippen LogP contribution < -0.4 is 0 Å². The zero-order valence-corrected chi connectivity index (χ0v) is 13.0. The molecular formula is C20H20O2. The first-order valence-electron chi connectivity index (χ1n) is 7.82. The third-order valence-electron chi connectivity index (χ3n) is 4.51. The number of rotatable bonds is 0. The van der Waals surface area contributed by atoms with Crippen molar-refractivity contribution >= 4 is 11.6 Å². The van der Waals surface area contributed by atoms with Gasteiger partial charge in [-0.2, -0.15) is 0 Å². The lowest BCUT2D eigenvalue weighted by molar-refractivity contribution is 0.0939. The molecule has 0 aromatic heterocycles. The lowest BCUT2D eigenvalue weighted by Gasteiger charge is -1.93. The molecule has 2 heteroatoms. The molecule has 112 valence electrons. The molecule has 2 aromatic rings. The van der Waals surface area contributed by atoms with Gasteiger partial charge >= 0.3 is 0 Å². The van der Waals surface area contributed by atoms with E-state index in [-0.39, 0.29) is 11.8 Å². The number of Topliss-reactive ketones (excluding diaryl/α,β-unsaturated/α-hetero) is 2. The minimum Gasteiger partial charge on any atom is -0.294 e. The Morgan fingerprint density at radius 3 is 1.41 bits per heavy atom. The standard InChI is InChI=1S/2C10H10O/c2*1-7-6-8-4-2-3-5-9(8)10(7)11/h2*2-5,7H,6H2,1H3. The van der Waals surface area contributed by atoms with E-state index < -0.39 is 0 Å². The quantitative estimate of drug-likeness (QED) is 0.732. The van der Waals surface area contributed by atoms with Crippen molar-refractivity contribution in [3.05, 3.63) is 70.8 Å². The Labute approximate surface area is 131 Å². The van der Waals surface area contributed by atoms with E-state index in [1.807, 2.05) is 62.4 Å². The fourth-order valence-corrected chi connectivity index (χ4v) is 3.25. The van der Waals surface area contributed by atoms with Crippen LogP contribution in [0.15, 0.2) is 48.5 Å². The summed E-state index contributed by atoms with van der Waals surface area (Å²) >= 11 is 0. The highest BCUT2D eigenvalue weighted by molar-refractivity contribution is 6.02. The van der Waals surface area contributed by atoms with Crippen LogP contribution in [-0.2, 0) is 12.8 Å². The Morgan fingerprint density at radius 1 is 0.682 bits per heavy atom. The van der Waals surface area contributed by atoms with Crippen molar-refractivity contribution in [1.82, 2.24) is 0 Å². The smallest absolute Gasteiger partial charge is 0.166 e. The summed E-state index contributed by atoms with van der Waals surface area (Å²) < 4.78 is 0. The van der Waals surface area contributed by atoms with Crippen molar-refractivity contribution < 1.29 is 9.59 Å². The lowest BCUT2D eigenvalue weighted by Crippen LogP contribution is -2.02. The highest BCUT2D eigenvalue weighted by Gasteiger charge is 2.26. The Kier molecular flexibility index (Phi) is 3.93. The van der Waals surface area contributed by atoms with Gasteiger partial charge in [0.1, 0.15) is 0 Å². The van der Waals surface area contributed by atoms with E-state index in [4.69, 9.17) is 0 Å². The van der Waals surface area contributed by atoms with E-state index in [9.17, 15) is 9.59 Å². The molecule has 2 unspecified atom stereocenters. The maximum absolute atomic E-state index is 11.4. The lowest BCUT2D eigenvalue weighted by atomic mass is 10.1. The minimum atomic E-state index is 0.201. The van der Waals surface area contributed by atoms with Gasteiger partial charge in [-0.15, -0.1) is 0 Å². The van der Waals surface area contributed by atoms with Crippen LogP contribution in [0.4, 0.5) is 0 Å². The van der Waals surface area contributed by atoms with Crippen molar-refractivity contribution in [1.29, 1.82) is 0 Å². The molecular weight excluding hydrogens is 272 g/mol. The van der Waals surface area contributed by atoms with Gasteiger partial charge in [-0.1, -0.05) is 62.4 Å². The maximum Gasteiger partial charge on any atom is 0.166 e.